The van der Waals surface area contributed by atoms with Crippen LogP contribution in [0, 0.1) is 12.3 Å². The van der Waals surface area contributed by atoms with Gasteiger partial charge in [-0.1, -0.05) is 42.0 Å². The maximum absolute atomic E-state index is 12.6. The van der Waals surface area contributed by atoms with Gasteiger partial charge in [0.05, 0.1) is 22.8 Å². The molecule has 2 aliphatic heterocycles. The van der Waals surface area contributed by atoms with Crippen molar-refractivity contribution in [3.05, 3.63) is 70.8 Å². The van der Waals surface area contributed by atoms with Crippen molar-refractivity contribution in [3.63, 3.8) is 0 Å². The number of ether oxygens (including phenoxy) is 1. The molecule has 10 heteroatoms. The third-order valence-corrected chi connectivity index (χ3v) is 7.93. The molecule has 0 aromatic heterocycles. The summed E-state index contributed by atoms with van der Waals surface area (Å²) in [5, 5.41) is 7.57. The Kier molecular flexibility index (Phi) is 6.22. The SMILES string of the molecule is Cc1ccc(COc2ccc(/C=C3/C(=N)N4C(=NC3=O)SN=C4S(=O)(=O)C(C)C)cc2)cc1. The standard InChI is InChI=1S/C23H22N4O4S2/c1-14(2)33(29,30)23-26-32-22-25-21(28)19(20(24)27(22)23)12-16-8-10-18(11-9-16)31-13-17-6-4-15(3)5-7-17/h4-12,14,24H,13H2,1-3H3/b19-12-,24-20?. The average Bonchev–Trinajstić information content (AvgIpc) is 3.21. The molecule has 0 aliphatic carbocycles. The highest BCUT2D eigenvalue weighted by Gasteiger charge is 2.43. The van der Waals surface area contributed by atoms with Crippen LogP contribution in [0.3, 0.4) is 0 Å². The fraction of sp³-hybridized carbons (Fsp3) is 0.217. The zero-order valence-corrected chi connectivity index (χ0v) is 19.9. The molecule has 2 heterocycles. The number of sulfone groups is 1. The second kappa shape index (κ2) is 8.95. The van der Waals surface area contributed by atoms with Gasteiger partial charge in [-0.15, -0.1) is 0 Å². The first-order valence-corrected chi connectivity index (χ1v) is 12.5. The van der Waals surface area contributed by atoms with Gasteiger partial charge in [0, 0.05) is 0 Å². The Hall–Kier alpha value is -3.24. The summed E-state index contributed by atoms with van der Waals surface area (Å²) in [5.41, 5.74) is 2.88. The summed E-state index contributed by atoms with van der Waals surface area (Å²) in [4.78, 5) is 17.6. The van der Waals surface area contributed by atoms with Crippen LogP contribution in [0.2, 0.25) is 0 Å². The molecule has 0 radical (unpaired) electrons. The minimum atomic E-state index is -3.75. The van der Waals surface area contributed by atoms with E-state index in [0.29, 0.717) is 17.9 Å². The molecule has 0 bridgehead atoms. The molecule has 1 amide bonds. The van der Waals surface area contributed by atoms with E-state index in [1.165, 1.54) is 25.5 Å². The molecule has 0 spiro atoms. The Labute approximate surface area is 196 Å². The number of fused-ring (bicyclic) bond motifs is 1. The number of aliphatic imine (C=N–C) groups is 1. The molecule has 0 atom stereocenters. The van der Waals surface area contributed by atoms with Gasteiger partial charge >= 0.3 is 0 Å². The lowest BCUT2D eigenvalue weighted by molar-refractivity contribution is -0.114. The van der Waals surface area contributed by atoms with Gasteiger partial charge in [0.1, 0.15) is 18.2 Å². The molecule has 0 unspecified atom stereocenters. The Bertz CT molecular complexity index is 1310. The lowest BCUT2D eigenvalue weighted by Crippen LogP contribution is -2.46. The third kappa shape index (κ3) is 4.62. The first-order chi connectivity index (χ1) is 15.7. The number of aryl methyl sites for hydroxylation is 1. The summed E-state index contributed by atoms with van der Waals surface area (Å²) < 4.78 is 35.1. The van der Waals surface area contributed by atoms with E-state index < -0.39 is 21.0 Å². The molecular formula is C23H22N4O4S2. The summed E-state index contributed by atoms with van der Waals surface area (Å²) in [6.07, 6.45) is 1.51. The number of carbonyl (C=O) groups excluding carboxylic acids is 1. The van der Waals surface area contributed by atoms with Crippen molar-refractivity contribution in [1.82, 2.24) is 4.90 Å². The largest absolute Gasteiger partial charge is 0.489 e. The van der Waals surface area contributed by atoms with Crippen LogP contribution in [0.4, 0.5) is 0 Å². The molecule has 0 saturated carbocycles. The molecule has 2 aromatic carbocycles. The van der Waals surface area contributed by atoms with Gasteiger partial charge in [0.2, 0.25) is 20.2 Å². The summed E-state index contributed by atoms with van der Waals surface area (Å²) >= 11 is 0.780. The molecule has 2 aliphatic rings. The molecule has 1 N–H and O–H groups in total. The third-order valence-electron chi connectivity index (χ3n) is 5.09. The Morgan fingerprint density at radius 1 is 1.12 bits per heavy atom. The zero-order valence-electron chi connectivity index (χ0n) is 18.3. The number of carbonyl (C=O) groups is 1. The van der Waals surface area contributed by atoms with Gasteiger partial charge in [0.15, 0.2) is 0 Å². The highest BCUT2D eigenvalue weighted by atomic mass is 32.2. The van der Waals surface area contributed by atoms with Crippen LogP contribution < -0.4 is 4.74 Å². The summed E-state index contributed by atoms with van der Waals surface area (Å²) in [5.74, 6) is -0.217. The number of amidine groups is 3. The quantitative estimate of drug-likeness (QED) is 0.510. The smallest absolute Gasteiger partial charge is 0.283 e. The van der Waals surface area contributed by atoms with Crippen LogP contribution in [-0.4, -0.2) is 40.6 Å². The normalized spacial score (nSPS) is 17.3. The molecule has 0 saturated heterocycles. The van der Waals surface area contributed by atoms with Crippen LogP contribution in [0.15, 0.2) is 63.5 Å². The van der Waals surface area contributed by atoms with Gasteiger partial charge in [-0.2, -0.15) is 9.39 Å². The highest BCUT2D eigenvalue weighted by Crippen LogP contribution is 2.31. The molecule has 8 nitrogen and oxygen atoms in total. The van der Waals surface area contributed by atoms with E-state index in [2.05, 4.69) is 9.39 Å². The molecule has 170 valence electrons. The van der Waals surface area contributed by atoms with Gasteiger partial charge in [-0.05, 0) is 50.1 Å². The van der Waals surface area contributed by atoms with Crippen LogP contribution in [0.5, 0.6) is 5.75 Å². The Balaban J connectivity index is 1.53. The molecule has 2 aromatic rings. The van der Waals surface area contributed by atoms with Crippen LogP contribution in [-0.2, 0) is 21.2 Å². The van der Waals surface area contributed by atoms with Gasteiger partial charge in [0.25, 0.3) is 5.91 Å². The molecule has 4 rings (SSSR count). The lowest BCUT2D eigenvalue weighted by atomic mass is 10.1. The minimum absolute atomic E-state index is 0.0128. The topological polar surface area (TPSA) is 112 Å². The number of benzene rings is 2. The highest BCUT2D eigenvalue weighted by molar-refractivity contribution is 8.16. The first kappa shape index (κ1) is 22.9. The first-order valence-electron chi connectivity index (χ1n) is 10.2. The van der Waals surface area contributed by atoms with Crippen LogP contribution in [0.25, 0.3) is 6.08 Å². The van der Waals surface area contributed by atoms with E-state index >= 15 is 0 Å². The number of hydrogen-bond donors (Lipinski definition) is 1. The predicted octanol–water partition coefficient (Wildman–Crippen LogP) is 3.97. The molecule has 33 heavy (non-hydrogen) atoms. The van der Waals surface area contributed by atoms with Gasteiger partial charge in [-0.25, -0.2) is 13.3 Å². The zero-order chi connectivity index (χ0) is 23.8. The monoisotopic (exact) mass is 482 g/mol. The van der Waals surface area contributed by atoms with E-state index in [1.807, 2.05) is 31.2 Å². The van der Waals surface area contributed by atoms with E-state index in [4.69, 9.17) is 10.1 Å². The van der Waals surface area contributed by atoms with Crippen LogP contribution in [0.1, 0.15) is 30.5 Å². The number of amides is 1. The molecule has 0 fully saturated rings. The number of rotatable bonds is 5. The maximum atomic E-state index is 12.6. The molecular weight excluding hydrogens is 460 g/mol. The van der Waals surface area contributed by atoms with E-state index in [1.54, 1.807) is 24.3 Å². The number of nitrogens with zero attached hydrogens (tertiary/aromatic N) is 3. The second-order valence-corrected chi connectivity index (χ2v) is 11.0. The van der Waals surface area contributed by atoms with Crippen molar-refractivity contribution in [2.24, 2.45) is 9.39 Å². The van der Waals surface area contributed by atoms with E-state index in [-0.39, 0.29) is 21.7 Å². The van der Waals surface area contributed by atoms with Crippen molar-refractivity contribution in [1.29, 1.82) is 5.41 Å². The lowest BCUT2D eigenvalue weighted by Gasteiger charge is -2.25. The second-order valence-electron chi connectivity index (χ2n) is 7.84. The fourth-order valence-corrected chi connectivity index (χ4v) is 5.14. The Morgan fingerprint density at radius 2 is 1.79 bits per heavy atom. The van der Waals surface area contributed by atoms with E-state index in [9.17, 15) is 13.2 Å². The summed E-state index contributed by atoms with van der Waals surface area (Å²) in [6.45, 7) is 5.53. The fourth-order valence-electron chi connectivity index (χ4n) is 3.07. The average molecular weight is 483 g/mol. The van der Waals surface area contributed by atoms with Gasteiger partial charge < -0.3 is 4.74 Å². The minimum Gasteiger partial charge on any atom is -0.489 e. The van der Waals surface area contributed by atoms with Crippen molar-refractivity contribution in [2.75, 3.05) is 0 Å². The van der Waals surface area contributed by atoms with Crippen molar-refractivity contribution < 1.29 is 17.9 Å². The Morgan fingerprint density at radius 3 is 2.42 bits per heavy atom. The number of nitrogens with one attached hydrogen (secondary N) is 1. The summed E-state index contributed by atoms with van der Waals surface area (Å²) in [6, 6.07) is 15.1. The van der Waals surface area contributed by atoms with Crippen molar-refractivity contribution in [2.45, 2.75) is 32.6 Å². The number of hydrogen-bond acceptors (Lipinski definition) is 7. The summed E-state index contributed by atoms with van der Waals surface area (Å²) in [7, 11) is -3.75. The van der Waals surface area contributed by atoms with Crippen molar-refractivity contribution in [3.8, 4) is 5.75 Å². The maximum Gasteiger partial charge on any atom is 0.283 e. The van der Waals surface area contributed by atoms with E-state index in [0.717, 1.165) is 22.4 Å². The van der Waals surface area contributed by atoms with Crippen molar-refractivity contribution >= 4 is 49.9 Å². The van der Waals surface area contributed by atoms with Crippen LogP contribution >= 0.6 is 11.9 Å². The van der Waals surface area contributed by atoms with Gasteiger partial charge in [-0.3, -0.25) is 10.2 Å². The predicted molar refractivity (Wildman–Crippen MR) is 131 cm³/mol.